The van der Waals surface area contributed by atoms with E-state index >= 15 is 0 Å². The first kappa shape index (κ1) is 23.7. The smallest absolute Gasteiger partial charge is 0.465 e. The predicted molar refractivity (Wildman–Crippen MR) is 60.8 cm³/mol. The largest absolute Gasteiger partial charge is 0.490 e. The van der Waals surface area contributed by atoms with Gasteiger partial charge in [-0.25, -0.2) is 9.59 Å². The molecule has 0 radical (unpaired) electrons. The third kappa shape index (κ3) is 8.00. The van der Waals surface area contributed by atoms with Crippen molar-refractivity contribution in [3.05, 3.63) is 0 Å². The van der Waals surface area contributed by atoms with E-state index in [1.54, 1.807) is 6.92 Å². The molecule has 23 heavy (non-hydrogen) atoms. The fourth-order valence-electron chi connectivity index (χ4n) is 0.837. The summed E-state index contributed by atoms with van der Waals surface area (Å²) in [5.74, 6) is -8.61. The highest BCUT2D eigenvalue weighted by Gasteiger charge is 2.64. The molecular weight excluding hydrogens is 345 g/mol. The number of methoxy groups -OCH3 is 2. The van der Waals surface area contributed by atoms with Crippen molar-refractivity contribution >= 4 is 11.9 Å². The van der Waals surface area contributed by atoms with E-state index in [4.69, 9.17) is 0 Å². The van der Waals surface area contributed by atoms with E-state index < -0.39 is 30.1 Å². The van der Waals surface area contributed by atoms with Crippen LogP contribution in [-0.4, -0.2) is 51.0 Å². The Kier molecular flexibility index (Phi) is 9.81. The number of ether oxygens (including phenoxy) is 3. The molecule has 0 heterocycles. The van der Waals surface area contributed by atoms with Crippen LogP contribution in [0.2, 0.25) is 0 Å². The third-order valence-electron chi connectivity index (χ3n) is 2.06. The van der Waals surface area contributed by atoms with Crippen molar-refractivity contribution in [2.75, 3.05) is 20.8 Å². The van der Waals surface area contributed by atoms with Crippen LogP contribution in [0.4, 0.5) is 30.7 Å². The fraction of sp³-hybridized carbons (Fsp3) is 0.818. The van der Waals surface area contributed by atoms with E-state index in [0.29, 0.717) is 27.1 Å². The number of halogens is 7. The monoisotopic (exact) mass is 360 g/mol. The second-order valence-electron chi connectivity index (χ2n) is 3.78. The molecule has 5 nitrogen and oxygen atoms in total. The molecule has 0 aromatic heterocycles. The standard InChI is InChI=1S/C6H9F3O2.C5H6F4O3/c1-2-3-4-11-5(10)6(7,8)9;1-11-3(10)4(6,12-2)5(7,8)9/h2-4H2,1H3;1-2H3. The maximum Gasteiger partial charge on any atom is 0.490 e. The molecule has 138 valence electrons. The third-order valence-corrected chi connectivity index (χ3v) is 2.06. The predicted octanol–water partition coefficient (Wildman–Crippen LogP) is 2.93. The highest BCUT2D eigenvalue weighted by Crippen LogP contribution is 2.35. The number of carbonyl (C=O) groups excluding carboxylic acids is 2. The summed E-state index contributed by atoms with van der Waals surface area (Å²) in [5, 5.41) is 0. The van der Waals surface area contributed by atoms with Gasteiger partial charge in [-0.05, 0) is 6.42 Å². The van der Waals surface area contributed by atoms with E-state index in [2.05, 4.69) is 14.2 Å². The molecule has 0 spiro atoms. The van der Waals surface area contributed by atoms with Crippen molar-refractivity contribution in [2.45, 2.75) is 38.0 Å². The molecule has 0 aliphatic heterocycles. The molecule has 0 saturated heterocycles. The molecule has 0 aliphatic carbocycles. The zero-order chi connectivity index (χ0) is 18.9. The van der Waals surface area contributed by atoms with Crippen LogP contribution in [0.25, 0.3) is 0 Å². The first-order valence-corrected chi connectivity index (χ1v) is 5.91. The number of carbonyl (C=O) groups is 2. The highest BCUT2D eigenvalue weighted by molar-refractivity contribution is 5.78. The lowest BCUT2D eigenvalue weighted by atomic mass is 10.3. The second-order valence-corrected chi connectivity index (χ2v) is 3.78. The van der Waals surface area contributed by atoms with Gasteiger partial charge in [0, 0.05) is 7.11 Å². The molecule has 0 bridgehead atoms. The summed E-state index contributed by atoms with van der Waals surface area (Å²) in [6.45, 7) is 1.64. The molecule has 0 amide bonds. The van der Waals surface area contributed by atoms with Crippen LogP contribution >= 0.6 is 0 Å². The number of hydrogen-bond acceptors (Lipinski definition) is 5. The molecule has 0 aromatic carbocycles. The summed E-state index contributed by atoms with van der Waals surface area (Å²) in [5.41, 5.74) is 0. The number of rotatable bonds is 5. The average molecular weight is 360 g/mol. The van der Waals surface area contributed by atoms with Crippen LogP contribution in [-0.2, 0) is 23.8 Å². The Morgan fingerprint density at radius 1 is 0.913 bits per heavy atom. The lowest BCUT2D eigenvalue weighted by molar-refractivity contribution is -0.315. The lowest BCUT2D eigenvalue weighted by Crippen LogP contribution is -2.50. The molecule has 1 atom stereocenters. The van der Waals surface area contributed by atoms with Gasteiger partial charge < -0.3 is 14.2 Å². The van der Waals surface area contributed by atoms with E-state index in [1.165, 1.54) is 0 Å². The topological polar surface area (TPSA) is 61.8 Å². The van der Waals surface area contributed by atoms with Crippen molar-refractivity contribution in [3.63, 3.8) is 0 Å². The molecule has 1 unspecified atom stereocenters. The molecule has 0 N–H and O–H groups in total. The molecule has 0 aliphatic rings. The Morgan fingerprint density at radius 2 is 1.39 bits per heavy atom. The van der Waals surface area contributed by atoms with Crippen molar-refractivity contribution in [1.82, 2.24) is 0 Å². The van der Waals surface area contributed by atoms with Gasteiger partial charge in [-0.15, -0.1) is 0 Å². The van der Waals surface area contributed by atoms with Crippen LogP contribution in [0.3, 0.4) is 0 Å². The molecule has 0 fully saturated rings. The lowest BCUT2D eigenvalue weighted by Gasteiger charge is -2.22. The Labute approximate surface area is 126 Å². The summed E-state index contributed by atoms with van der Waals surface area (Å²) in [6, 6.07) is 0. The van der Waals surface area contributed by atoms with Crippen molar-refractivity contribution in [2.24, 2.45) is 0 Å². The van der Waals surface area contributed by atoms with Crippen molar-refractivity contribution in [3.8, 4) is 0 Å². The number of esters is 2. The molecular formula is C11H15F7O5. The molecule has 0 aromatic rings. The van der Waals surface area contributed by atoms with Crippen LogP contribution < -0.4 is 0 Å². The SMILES string of the molecule is CCCCOC(=O)C(F)(F)F.COC(=O)C(F)(OC)C(F)(F)F. The van der Waals surface area contributed by atoms with Gasteiger partial charge in [0.2, 0.25) is 0 Å². The fourth-order valence-corrected chi connectivity index (χ4v) is 0.837. The van der Waals surface area contributed by atoms with E-state index in [9.17, 15) is 40.3 Å². The first-order chi connectivity index (χ1) is 10.3. The zero-order valence-electron chi connectivity index (χ0n) is 12.3. The van der Waals surface area contributed by atoms with Crippen LogP contribution in [0.1, 0.15) is 19.8 Å². The number of alkyl halides is 7. The normalized spacial score (nSPS) is 14.2. The van der Waals surface area contributed by atoms with Crippen molar-refractivity contribution in [1.29, 1.82) is 0 Å². The van der Waals surface area contributed by atoms with E-state index in [-0.39, 0.29) is 6.61 Å². The van der Waals surface area contributed by atoms with Gasteiger partial charge in [0.25, 0.3) is 0 Å². The van der Waals surface area contributed by atoms with Gasteiger partial charge in [-0.2, -0.15) is 30.7 Å². The van der Waals surface area contributed by atoms with Gasteiger partial charge in [-0.1, -0.05) is 13.3 Å². The van der Waals surface area contributed by atoms with Crippen LogP contribution in [0.15, 0.2) is 0 Å². The Balaban J connectivity index is 0. The maximum absolute atomic E-state index is 12.6. The van der Waals surface area contributed by atoms with E-state index in [1.807, 2.05) is 0 Å². The summed E-state index contributed by atoms with van der Waals surface area (Å²) in [6.07, 6.45) is -9.13. The van der Waals surface area contributed by atoms with Crippen LogP contribution in [0, 0.1) is 0 Å². The van der Waals surface area contributed by atoms with Crippen molar-refractivity contribution < 1.29 is 54.5 Å². The molecule has 0 saturated carbocycles. The summed E-state index contributed by atoms with van der Waals surface area (Å²) in [4.78, 5) is 20.3. The summed E-state index contributed by atoms with van der Waals surface area (Å²) < 4.78 is 92.9. The summed E-state index contributed by atoms with van der Waals surface area (Å²) >= 11 is 0. The zero-order valence-corrected chi connectivity index (χ0v) is 12.3. The molecule has 0 rings (SSSR count). The van der Waals surface area contributed by atoms with E-state index in [0.717, 1.165) is 0 Å². The quantitative estimate of drug-likeness (QED) is 0.429. The minimum atomic E-state index is -5.44. The van der Waals surface area contributed by atoms with Gasteiger partial charge in [0.1, 0.15) is 0 Å². The molecule has 12 heteroatoms. The minimum absolute atomic E-state index is 0.158. The highest BCUT2D eigenvalue weighted by atomic mass is 19.4. The Hall–Kier alpha value is -1.59. The minimum Gasteiger partial charge on any atom is -0.465 e. The number of unbranched alkanes of at least 4 members (excludes halogenated alkanes) is 1. The van der Waals surface area contributed by atoms with Gasteiger partial charge >= 0.3 is 30.1 Å². The Bertz CT molecular complexity index is 380. The van der Waals surface area contributed by atoms with Crippen LogP contribution in [0.5, 0.6) is 0 Å². The first-order valence-electron chi connectivity index (χ1n) is 5.91. The maximum atomic E-state index is 12.6. The number of hydrogen-bond donors (Lipinski definition) is 0. The summed E-state index contributed by atoms with van der Waals surface area (Å²) in [7, 11) is 1.05. The van der Waals surface area contributed by atoms with Gasteiger partial charge in [-0.3, -0.25) is 0 Å². The van der Waals surface area contributed by atoms with Gasteiger partial charge in [0.15, 0.2) is 0 Å². The second kappa shape index (κ2) is 9.53. The average Bonchev–Trinajstić information content (AvgIpc) is 2.44. The Morgan fingerprint density at radius 3 is 1.61 bits per heavy atom. The van der Waals surface area contributed by atoms with Gasteiger partial charge in [0.05, 0.1) is 13.7 Å².